The highest BCUT2D eigenvalue weighted by Gasteiger charge is 2.39. The molecule has 1 aromatic carbocycles. The molecule has 0 saturated carbocycles. The van der Waals surface area contributed by atoms with Crippen LogP contribution < -0.4 is 5.32 Å². The standard InChI is InChI=1S/C23H20N4O5/c1-2-32-23(31)16-10-13-7-8-24-19(20(13)25-16)12-3-4-15-14(9-12)11-27(22(15)30)17-5-6-18(28)26-21(17)29/h3-4,7-10,17,25H,2,5-6,11H2,1H3,(H,26,28,29). The van der Waals surface area contributed by atoms with Crippen molar-refractivity contribution >= 4 is 34.6 Å². The smallest absolute Gasteiger partial charge is 0.354 e. The summed E-state index contributed by atoms with van der Waals surface area (Å²) < 4.78 is 5.07. The lowest BCUT2D eigenvalue weighted by Crippen LogP contribution is -2.52. The first kappa shape index (κ1) is 19.9. The van der Waals surface area contributed by atoms with Crippen LogP contribution in [0.25, 0.3) is 22.2 Å². The topological polar surface area (TPSA) is 121 Å². The highest BCUT2D eigenvalue weighted by molar-refractivity contribution is 6.06. The number of carbonyl (C=O) groups is 4. The molecule has 1 saturated heterocycles. The SMILES string of the molecule is CCOC(=O)c1cc2ccnc(-c3ccc4c(c3)CN(C3CCC(=O)NC3=O)C4=O)c2[nH]1. The van der Waals surface area contributed by atoms with Gasteiger partial charge in [-0.05, 0) is 43.2 Å². The Morgan fingerprint density at radius 1 is 1.22 bits per heavy atom. The molecule has 2 aliphatic rings. The third kappa shape index (κ3) is 3.22. The molecule has 0 spiro atoms. The molecule has 4 heterocycles. The van der Waals surface area contributed by atoms with Crippen molar-refractivity contribution in [1.29, 1.82) is 0 Å². The number of aromatic nitrogens is 2. The van der Waals surface area contributed by atoms with Gasteiger partial charge < -0.3 is 14.6 Å². The summed E-state index contributed by atoms with van der Waals surface area (Å²) in [6.45, 7) is 2.31. The Balaban J connectivity index is 1.48. The van der Waals surface area contributed by atoms with Gasteiger partial charge in [-0.15, -0.1) is 0 Å². The normalized spacial score (nSPS) is 18.1. The summed E-state index contributed by atoms with van der Waals surface area (Å²) in [5, 5.41) is 3.13. The molecule has 3 amide bonds. The van der Waals surface area contributed by atoms with Gasteiger partial charge in [0.15, 0.2) is 0 Å². The summed E-state index contributed by atoms with van der Waals surface area (Å²) in [5.41, 5.74) is 3.79. The van der Waals surface area contributed by atoms with Gasteiger partial charge in [0.25, 0.3) is 5.91 Å². The van der Waals surface area contributed by atoms with Gasteiger partial charge in [0, 0.05) is 35.7 Å². The van der Waals surface area contributed by atoms with E-state index in [1.807, 2.05) is 6.07 Å². The minimum Gasteiger partial charge on any atom is -0.461 e. The fourth-order valence-corrected chi connectivity index (χ4v) is 4.31. The van der Waals surface area contributed by atoms with E-state index >= 15 is 0 Å². The number of piperidine rings is 1. The quantitative estimate of drug-likeness (QED) is 0.481. The van der Waals surface area contributed by atoms with Crippen molar-refractivity contribution in [2.24, 2.45) is 0 Å². The maximum atomic E-state index is 12.9. The molecule has 3 aromatic rings. The molecule has 0 radical (unpaired) electrons. The minimum absolute atomic E-state index is 0.212. The van der Waals surface area contributed by atoms with E-state index in [4.69, 9.17) is 4.74 Å². The lowest BCUT2D eigenvalue weighted by molar-refractivity contribution is -0.136. The fourth-order valence-electron chi connectivity index (χ4n) is 4.31. The molecule has 1 unspecified atom stereocenters. The maximum absolute atomic E-state index is 12.9. The first-order valence-corrected chi connectivity index (χ1v) is 10.4. The number of esters is 1. The van der Waals surface area contributed by atoms with E-state index in [-0.39, 0.29) is 31.4 Å². The molecule has 32 heavy (non-hydrogen) atoms. The number of nitrogens with one attached hydrogen (secondary N) is 2. The zero-order chi connectivity index (χ0) is 22.4. The van der Waals surface area contributed by atoms with E-state index in [1.54, 1.807) is 37.4 Å². The van der Waals surface area contributed by atoms with Crippen molar-refractivity contribution in [3.8, 4) is 11.3 Å². The molecule has 0 bridgehead atoms. The monoisotopic (exact) mass is 432 g/mol. The molecule has 2 aromatic heterocycles. The van der Waals surface area contributed by atoms with Crippen LogP contribution in [0, 0.1) is 0 Å². The van der Waals surface area contributed by atoms with E-state index < -0.39 is 17.9 Å². The maximum Gasteiger partial charge on any atom is 0.354 e. The van der Waals surface area contributed by atoms with Gasteiger partial charge in [0.1, 0.15) is 11.7 Å². The van der Waals surface area contributed by atoms with Gasteiger partial charge in [0.2, 0.25) is 11.8 Å². The van der Waals surface area contributed by atoms with Crippen LogP contribution in [0.15, 0.2) is 36.5 Å². The van der Waals surface area contributed by atoms with Crippen LogP contribution >= 0.6 is 0 Å². The second kappa shape index (κ2) is 7.60. The second-order valence-corrected chi connectivity index (χ2v) is 7.80. The van der Waals surface area contributed by atoms with Gasteiger partial charge in [-0.2, -0.15) is 0 Å². The zero-order valence-electron chi connectivity index (χ0n) is 17.3. The number of fused-ring (bicyclic) bond motifs is 2. The van der Waals surface area contributed by atoms with Crippen molar-refractivity contribution < 1.29 is 23.9 Å². The van der Waals surface area contributed by atoms with Crippen LogP contribution in [0.4, 0.5) is 0 Å². The Labute approximate surface area is 182 Å². The first-order chi connectivity index (χ1) is 15.5. The number of amides is 3. The van der Waals surface area contributed by atoms with Crippen LogP contribution in [0.3, 0.4) is 0 Å². The highest BCUT2D eigenvalue weighted by atomic mass is 16.5. The number of imide groups is 1. The van der Waals surface area contributed by atoms with E-state index in [2.05, 4.69) is 15.3 Å². The van der Waals surface area contributed by atoms with Gasteiger partial charge >= 0.3 is 5.97 Å². The zero-order valence-corrected chi connectivity index (χ0v) is 17.3. The number of aromatic amines is 1. The van der Waals surface area contributed by atoms with Crippen LogP contribution in [0.1, 0.15) is 46.2 Å². The van der Waals surface area contributed by atoms with Gasteiger partial charge in [-0.1, -0.05) is 6.07 Å². The van der Waals surface area contributed by atoms with E-state index in [1.165, 1.54) is 4.90 Å². The third-order valence-electron chi connectivity index (χ3n) is 5.84. The number of ether oxygens (including phenoxy) is 1. The van der Waals surface area contributed by atoms with E-state index in [0.29, 0.717) is 28.9 Å². The van der Waals surface area contributed by atoms with Crippen LogP contribution in [0.2, 0.25) is 0 Å². The van der Waals surface area contributed by atoms with Crippen molar-refractivity contribution in [2.45, 2.75) is 32.4 Å². The third-order valence-corrected chi connectivity index (χ3v) is 5.84. The average Bonchev–Trinajstić information content (AvgIpc) is 3.35. The summed E-state index contributed by atoms with van der Waals surface area (Å²) in [4.78, 5) is 57.8. The molecule has 5 rings (SSSR count). The Kier molecular flexibility index (Phi) is 4.73. The summed E-state index contributed by atoms with van der Waals surface area (Å²) >= 11 is 0. The average molecular weight is 432 g/mol. The number of H-pyrrole nitrogens is 1. The van der Waals surface area contributed by atoms with E-state index in [9.17, 15) is 19.2 Å². The predicted molar refractivity (Wildman–Crippen MR) is 114 cm³/mol. The van der Waals surface area contributed by atoms with Crippen molar-refractivity contribution in [2.75, 3.05) is 6.61 Å². The second-order valence-electron chi connectivity index (χ2n) is 7.80. The Hall–Kier alpha value is -4.01. The lowest BCUT2D eigenvalue weighted by atomic mass is 10.0. The molecule has 0 aliphatic carbocycles. The van der Waals surface area contributed by atoms with Crippen molar-refractivity contribution in [3.63, 3.8) is 0 Å². The number of rotatable bonds is 4. The number of carbonyl (C=O) groups excluding carboxylic acids is 4. The molecule has 2 aliphatic heterocycles. The van der Waals surface area contributed by atoms with Crippen LogP contribution in [0.5, 0.6) is 0 Å². The predicted octanol–water partition coefficient (Wildman–Crippen LogP) is 2.17. The van der Waals surface area contributed by atoms with Gasteiger partial charge in [0.05, 0.1) is 17.8 Å². The number of pyridine rings is 1. The molecular formula is C23H20N4O5. The first-order valence-electron chi connectivity index (χ1n) is 10.4. The molecular weight excluding hydrogens is 412 g/mol. The molecule has 2 N–H and O–H groups in total. The lowest BCUT2D eigenvalue weighted by Gasteiger charge is -2.29. The van der Waals surface area contributed by atoms with Gasteiger partial charge in [-0.3, -0.25) is 24.7 Å². The summed E-state index contributed by atoms with van der Waals surface area (Å²) in [6, 6.07) is 8.28. The number of hydrogen-bond acceptors (Lipinski definition) is 6. The van der Waals surface area contributed by atoms with Crippen molar-refractivity contribution in [1.82, 2.24) is 20.2 Å². The molecule has 162 valence electrons. The Bertz CT molecular complexity index is 1290. The Morgan fingerprint density at radius 2 is 2.06 bits per heavy atom. The number of nitrogens with zero attached hydrogens (tertiary/aromatic N) is 2. The fraction of sp³-hybridized carbons (Fsp3) is 0.261. The van der Waals surface area contributed by atoms with Gasteiger partial charge in [-0.25, -0.2) is 4.79 Å². The Morgan fingerprint density at radius 3 is 2.84 bits per heavy atom. The summed E-state index contributed by atoms with van der Waals surface area (Å²) in [6.07, 6.45) is 2.19. The number of hydrogen-bond donors (Lipinski definition) is 2. The highest BCUT2D eigenvalue weighted by Crippen LogP contribution is 2.33. The largest absolute Gasteiger partial charge is 0.461 e. The molecule has 1 fully saturated rings. The summed E-state index contributed by atoms with van der Waals surface area (Å²) in [5.74, 6) is -1.41. The minimum atomic E-state index is -0.659. The molecule has 9 heteroatoms. The van der Waals surface area contributed by atoms with E-state index in [0.717, 1.165) is 16.5 Å². The van der Waals surface area contributed by atoms with Crippen molar-refractivity contribution in [3.05, 3.63) is 53.3 Å². The molecule has 1 atom stereocenters. The number of benzene rings is 1. The van der Waals surface area contributed by atoms with Crippen LogP contribution in [-0.2, 0) is 20.9 Å². The molecule has 9 nitrogen and oxygen atoms in total. The van der Waals surface area contributed by atoms with Crippen LogP contribution in [-0.4, -0.2) is 51.2 Å². The summed E-state index contributed by atoms with van der Waals surface area (Å²) in [7, 11) is 0.